The molecule has 1 rings (SSSR count). The topological polar surface area (TPSA) is 41.5 Å². The predicted octanol–water partition coefficient (Wildman–Crippen LogP) is 2.72. The van der Waals surface area contributed by atoms with Gasteiger partial charge in [-0.2, -0.15) is 0 Å². The van der Waals surface area contributed by atoms with Crippen LogP contribution in [0, 0.1) is 0 Å². The second-order valence-electron chi connectivity index (χ2n) is 5.89. The predicted molar refractivity (Wildman–Crippen MR) is 79.8 cm³/mol. The van der Waals surface area contributed by atoms with Crippen molar-refractivity contribution < 1.29 is 9.84 Å². The molecule has 2 N–H and O–H groups in total. The molecule has 0 aliphatic rings. The fourth-order valence-corrected chi connectivity index (χ4v) is 1.93. The minimum atomic E-state index is -0.00651. The minimum absolute atomic E-state index is 0.00651. The van der Waals surface area contributed by atoms with Crippen LogP contribution in [-0.2, 0) is 5.41 Å². The molecule has 3 nitrogen and oxygen atoms in total. The number of hydrogen-bond acceptors (Lipinski definition) is 3. The van der Waals surface area contributed by atoms with Crippen molar-refractivity contribution in [2.24, 2.45) is 0 Å². The Bertz CT molecular complexity index is 371. The number of hydrogen-bond donors (Lipinski definition) is 2. The highest BCUT2D eigenvalue weighted by atomic mass is 16.5. The van der Waals surface area contributed by atoms with Crippen molar-refractivity contribution in [2.75, 3.05) is 19.8 Å². The van der Waals surface area contributed by atoms with Crippen LogP contribution in [0.25, 0.3) is 0 Å². The Morgan fingerprint density at radius 3 is 2.53 bits per heavy atom. The largest absolute Gasteiger partial charge is 0.492 e. The van der Waals surface area contributed by atoms with E-state index >= 15 is 0 Å². The summed E-state index contributed by atoms with van der Waals surface area (Å²) in [4.78, 5) is 0. The summed E-state index contributed by atoms with van der Waals surface area (Å²) in [5.41, 5.74) is 1.25. The standard InChI is InChI=1S/C16H27NO2/c1-5-10-17-13(11-18)12-19-15-9-7-6-8-14(15)16(2,3)4/h6-9,13,17-18H,5,10-12H2,1-4H3. The number of ether oxygens (including phenoxy) is 1. The van der Waals surface area contributed by atoms with E-state index in [4.69, 9.17) is 4.74 Å². The molecule has 0 saturated carbocycles. The summed E-state index contributed by atoms with van der Waals surface area (Å²) in [6.07, 6.45) is 1.05. The van der Waals surface area contributed by atoms with Gasteiger partial charge in [-0.05, 0) is 30.0 Å². The van der Waals surface area contributed by atoms with Crippen molar-refractivity contribution in [3.63, 3.8) is 0 Å². The highest BCUT2D eigenvalue weighted by molar-refractivity contribution is 5.38. The van der Waals surface area contributed by atoms with Crippen molar-refractivity contribution in [2.45, 2.75) is 45.6 Å². The van der Waals surface area contributed by atoms with E-state index in [2.05, 4.69) is 39.1 Å². The van der Waals surface area contributed by atoms with Crippen LogP contribution in [0.4, 0.5) is 0 Å². The van der Waals surface area contributed by atoms with Crippen LogP contribution < -0.4 is 10.1 Å². The molecule has 1 unspecified atom stereocenters. The third-order valence-electron chi connectivity index (χ3n) is 3.04. The van der Waals surface area contributed by atoms with Crippen molar-refractivity contribution in [3.05, 3.63) is 29.8 Å². The first kappa shape index (κ1) is 16.0. The summed E-state index contributed by atoms with van der Waals surface area (Å²) in [5.74, 6) is 0.909. The highest BCUT2D eigenvalue weighted by Gasteiger charge is 2.19. The molecule has 1 atom stereocenters. The monoisotopic (exact) mass is 265 g/mol. The van der Waals surface area contributed by atoms with Gasteiger partial charge < -0.3 is 15.2 Å². The molecule has 1 aromatic carbocycles. The average molecular weight is 265 g/mol. The summed E-state index contributed by atoms with van der Waals surface area (Å²) in [6, 6.07) is 8.11. The summed E-state index contributed by atoms with van der Waals surface area (Å²) in [5, 5.41) is 12.6. The molecule has 108 valence electrons. The zero-order valence-corrected chi connectivity index (χ0v) is 12.6. The smallest absolute Gasteiger partial charge is 0.123 e. The first-order chi connectivity index (χ1) is 8.99. The van der Waals surface area contributed by atoms with E-state index in [-0.39, 0.29) is 18.1 Å². The van der Waals surface area contributed by atoms with E-state index < -0.39 is 0 Å². The molecule has 19 heavy (non-hydrogen) atoms. The lowest BCUT2D eigenvalue weighted by atomic mass is 9.86. The van der Waals surface area contributed by atoms with Gasteiger partial charge in [-0.15, -0.1) is 0 Å². The Labute approximate surface area is 117 Å². The third-order valence-corrected chi connectivity index (χ3v) is 3.04. The molecule has 0 radical (unpaired) electrons. The number of aliphatic hydroxyl groups excluding tert-OH is 1. The Kier molecular flexibility index (Phi) is 6.32. The molecular formula is C16H27NO2. The number of aliphatic hydroxyl groups is 1. The maximum Gasteiger partial charge on any atom is 0.123 e. The van der Waals surface area contributed by atoms with Gasteiger partial charge in [0.2, 0.25) is 0 Å². The lowest BCUT2D eigenvalue weighted by Crippen LogP contribution is -2.38. The molecule has 0 saturated heterocycles. The molecule has 0 fully saturated rings. The Balaban J connectivity index is 2.66. The minimum Gasteiger partial charge on any atom is -0.492 e. The summed E-state index contributed by atoms with van der Waals surface area (Å²) >= 11 is 0. The number of para-hydroxylation sites is 1. The van der Waals surface area contributed by atoms with Gasteiger partial charge >= 0.3 is 0 Å². The van der Waals surface area contributed by atoms with E-state index in [1.54, 1.807) is 0 Å². The second kappa shape index (κ2) is 7.51. The third kappa shape index (κ3) is 5.21. The van der Waals surface area contributed by atoms with Crippen molar-refractivity contribution >= 4 is 0 Å². The fraction of sp³-hybridized carbons (Fsp3) is 0.625. The molecule has 0 heterocycles. The maximum atomic E-state index is 9.32. The molecule has 0 amide bonds. The van der Waals surface area contributed by atoms with Gasteiger partial charge in [-0.25, -0.2) is 0 Å². The van der Waals surface area contributed by atoms with Crippen molar-refractivity contribution in [1.82, 2.24) is 5.32 Å². The Hall–Kier alpha value is -1.06. The van der Waals surface area contributed by atoms with Gasteiger partial charge in [-0.1, -0.05) is 45.9 Å². The maximum absolute atomic E-state index is 9.32. The molecule has 3 heteroatoms. The van der Waals surface area contributed by atoms with Gasteiger partial charge in [0.05, 0.1) is 12.6 Å². The van der Waals surface area contributed by atoms with Crippen molar-refractivity contribution in [1.29, 1.82) is 0 Å². The first-order valence-corrected chi connectivity index (χ1v) is 7.05. The average Bonchev–Trinajstić information content (AvgIpc) is 2.38. The normalized spacial score (nSPS) is 13.3. The molecular weight excluding hydrogens is 238 g/mol. The van der Waals surface area contributed by atoms with E-state index in [1.807, 2.05) is 18.2 Å². The first-order valence-electron chi connectivity index (χ1n) is 7.05. The van der Waals surface area contributed by atoms with Crippen molar-refractivity contribution in [3.8, 4) is 5.75 Å². The Morgan fingerprint density at radius 1 is 1.26 bits per heavy atom. The Morgan fingerprint density at radius 2 is 1.95 bits per heavy atom. The molecule has 0 aromatic heterocycles. The number of nitrogens with one attached hydrogen (secondary N) is 1. The molecule has 0 aliphatic carbocycles. The van der Waals surface area contributed by atoms with Gasteiger partial charge in [0.25, 0.3) is 0 Å². The lowest BCUT2D eigenvalue weighted by molar-refractivity contribution is 0.181. The van der Waals surface area contributed by atoms with Crippen LogP contribution in [0.5, 0.6) is 5.75 Å². The molecule has 0 spiro atoms. The molecule has 0 aliphatic heterocycles. The molecule has 1 aromatic rings. The molecule has 0 bridgehead atoms. The van der Waals surface area contributed by atoms with Gasteiger partial charge in [0, 0.05) is 0 Å². The van der Waals surface area contributed by atoms with Crippen LogP contribution in [0.15, 0.2) is 24.3 Å². The summed E-state index contributed by atoms with van der Waals surface area (Å²) < 4.78 is 5.89. The van der Waals surface area contributed by atoms with Crippen LogP contribution in [0.2, 0.25) is 0 Å². The van der Waals surface area contributed by atoms with Gasteiger partial charge in [-0.3, -0.25) is 0 Å². The van der Waals surface area contributed by atoms with Crippen LogP contribution in [0.1, 0.15) is 39.7 Å². The summed E-state index contributed by atoms with van der Waals surface area (Å²) in [6.45, 7) is 10.1. The van der Waals surface area contributed by atoms with E-state index in [0.717, 1.165) is 18.7 Å². The second-order valence-corrected chi connectivity index (χ2v) is 5.89. The zero-order valence-electron chi connectivity index (χ0n) is 12.6. The van der Waals surface area contributed by atoms with E-state index in [0.29, 0.717) is 6.61 Å². The van der Waals surface area contributed by atoms with Crippen LogP contribution >= 0.6 is 0 Å². The van der Waals surface area contributed by atoms with E-state index in [9.17, 15) is 5.11 Å². The SMILES string of the molecule is CCCNC(CO)COc1ccccc1C(C)(C)C. The lowest BCUT2D eigenvalue weighted by Gasteiger charge is -2.24. The highest BCUT2D eigenvalue weighted by Crippen LogP contribution is 2.30. The number of benzene rings is 1. The summed E-state index contributed by atoms with van der Waals surface area (Å²) in [7, 11) is 0. The van der Waals surface area contributed by atoms with E-state index in [1.165, 1.54) is 5.56 Å². The quantitative estimate of drug-likeness (QED) is 0.796. The fourth-order valence-electron chi connectivity index (χ4n) is 1.93. The zero-order chi connectivity index (χ0) is 14.3. The van der Waals surface area contributed by atoms with Gasteiger partial charge in [0.15, 0.2) is 0 Å². The number of rotatable bonds is 7. The van der Waals surface area contributed by atoms with Gasteiger partial charge in [0.1, 0.15) is 12.4 Å². The van der Waals surface area contributed by atoms with Crippen LogP contribution in [-0.4, -0.2) is 30.9 Å². The van der Waals surface area contributed by atoms with Crippen LogP contribution in [0.3, 0.4) is 0 Å².